The van der Waals surface area contributed by atoms with E-state index < -0.39 is 0 Å². The Morgan fingerprint density at radius 1 is 1.17 bits per heavy atom. The van der Waals surface area contributed by atoms with Gasteiger partial charge in [0.1, 0.15) is 17.1 Å². The van der Waals surface area contributed by atoms with Crippen LogP contribution in [0.1, 0.15) is 21.7 Å². The largest absolute Gasteiger partial charge is 0.460 e. The minimum absolute atomic E-state index is 0.177. The number of aryl methyl sites for hydroxylation is 1. The molecule has 0 aliphatic heterocycles. The second kappa shape index (κ2) is 10.2. The molecule has 2 aromatic heterocycles. The SMILES string of the molecule is CNC(=O)c1c(C)oc2cc(Oc3ccnc(Nc4cccc(CN(C)CC(N)=O)c4)n3)ccc12. The molecule has 0 unspecified atom stereocenters. The highest BCUT2D eigenvalue weighted by atomic mass is 16.5. The minimum atomic E-state index is -0.375. The summed E-state index contributed by atoms with van der Waals surface area (Å²) in [6.45, 7) is 2.49. The number of anilines is 2. The smallest absolute Gasteiger partial charge is 0.255 e. The van der Waals surface area contributed by atoms with E-state index in [0.717, 1.165) is 11.3 Å². The van der Waals surface area contributed by atoms with Crippen molar-refractivity contribution in [1.29, 1.82) is 0 Å². The molecule has 4 aromatic rings. The molecular weight excluding hydrogens is 448 g/mol. The molecule has 10 heteroatoms. The molecular formula is C25H26N6O4. The van der Waals surface area contributed by atoms with Crippen molar-refractivity contribution in [1.82, 2.24) is 20.2 Å². The van der Waals surface area contributed by atoms with Crippen LogP contribution in [0.2, 0.25) is 0 Å². The van der Waals surface area contributed by atoms with Crippen LogP contribution in [0.25, 0.3) is 11.0 Å². The predicted molar refractivity (Wildman–Crippen MR) is 132 cm³/mol. The lowest BCUT2D eigenvalue weighted by Gasteiger charge is -2.15. The van der Waals surface area contributed by atoms with E-state index in [1.165, 1.54) is 0 Å². The maximum atomic E-state index is 12.1. The predicted octanol–water partition coefficient (Wildman–Crippen LogP) is 3.34. The molecule has 2 heterocycles. The van der Waals surface area contributed by atoms with Crippen molar-refractivity contribution in [2.45, 2.75) is 13.5 Å². The van der Waals surface area contributed by atoms with Crippen LogP contribution < -0.4 is 21.1 Å². The number of amides is 2. The Balaban J connectivity index is 1.48. The van der Waals surface area contributed by atoms with Gasteiger partial charge in [0.05, 0.1) is 12.1 Å². The molecule has 0 saturated carbocycles. The van der Waals surface area contributed by atoms with Gasteiger partial charge in [-0.1, -0.05) is 12.1 Å². The summed E-state index contributed by atoms with van der Waals surface area (Å²) in [6.07, 6.45) is 1.59. The number of rotatable bonds is 9. The van der Waals surface area contributed by atoms with Crippen LogP contribution in [0.4, 0.5) is 11.6 Å². The number of hydrogen-bond acceptors (Lipinski definition) is 8. The monoisotopic (exact) mass is 474 g/mol. The van der Waals surface area contributed by atoms with Gasteiger partial charge in [-0.15, -0.1) is 0 Å². The third kappa shape index (κ3) is 5.74. The fraction of sp³-hybridized carbons (Fsp3) is 0.200. The maximum Gasteiger partial charge on any atom is 0.255 e. The van der Waals surface area contributed by atoms with Crippen molar-refractivity contribution in [3.63, 3.8) is 0 Å². The maximum absolute atomic E-state index is 12.1. The van der Waals surface area contributed by atoms with E-state index in [9.17, 15) is 9.59 Å². The van der Waals surface area contributed by atoms with Crippen LogP contribution in [0.3, 0.4) is 0 Å². The Hall–Kier alpha value is -4.44. The Morgan fingerprint density at radius 2 is 2.00 bits per heavy atom. The summed E-state index contributed by atoms with van der Waals surface area (Å²) in [4.78, 5) is 33.8. The van der Waals surface area contributed by atoms with Crippen molar-refractivity contribution in [3.8, 4) is 11.6 Å². The Morgan fingerprint density at radius 3 is 2.77 bits per heavy atom. The summed E-state index contributed by atoms with van der Waals surface area (Å²) in [5, 5.41) is 6.50. The van der Waals surface area contributed by atoms with E-state index >= 15 is 0 Å². The number of carbonyl (C=O) groups is 2. The van der Waals surface area contributed by atoms with E-state index in [2.05, 4.69) is 20.6 Å². The number of ether oxygens (including phenoxy) is 1. The highest BCUT2D eigenvalue weighted by Crippen LogP contribution is 2.30. The number of likely N-dealkylation sites (N-methyl/N-ethyl adjacent to an activating group) is 1. The minimum Gasteiger partial charge on any atom is -0.460 e. The number of carbonyl (C=O) groups excluding carboxylic acids is 2. The van der Waals surface area contributed by atoms with Crippen LogP contribution in [0.5, 0.6) is 11.6 Å². The highest BCUT2D eigenvalue weighted by Gasteiger charge is 2.17. The number of hydrogen-bond donors (Lipinski definition) is 3. The number of nitrogens with zero attached hydrogens (tertiary/aromatic N) is 3. The summed E-state index contributed by atoms with van der Waals surface area (Å²) in [7, 11) is 3.41. The zero-order valence-corrected chi connectivity index (χ0v) is 19.7. The molecule has 35 heavy (non-hydrogen) atoms. The average Bonchev–Trinajstić information content (AvgIpc) is 3.13. The van der Waals surface area contributed by atoms with Gasteiger partial charge in [-0.2, -0.15) is 4.98 Å². The van der Waals surface area contributed by atoms with E-state index in [0.29, 0.717) is 46.4 Å². The summed E-state index contributed by atoms with van der Waals surface area (Å²) in [5.41, 5.74) is 8.11. The third-order valence-electron chi connectivity index (χ3n) is 5.21. The molecule has 10 nitrogen and oxygen atoms in total. The van der Waals surface area contributed by atoms with Gasteiger partial charge in [0.25, 0.3) is 5.91 Å². The quantitative estimate of drug-likeness (QED) is 0.336. The number of fused-ring (bicyclic) bond motifs is 1. The molecule has 180 valence electrons. The molecule has 0 spiro atoms. The van der Waals surface area contributed by atoms with Gasteiger partial charge in [-0.05, 0) is 43.8 Å². The van der Waals surface area contributed by atoms with Gasteiger partial charge in [-0.3, -0.25) is 14.5 Å². The van der Waals surface area contributed by atoms with Gasteiger partial charge in [0.2, 0.25) is 17.7 Å². The second-order valence-electron chi connectivity index (χ2n) is 8.05. The van der Waals surface area contributed by atoms with Crippen LogP contribution >= 0.6 is 0 Å². The highest BCUT2D eigenvalue weighted by molar-refractivity contribution is 6.07. The Bertz CT molecular complexity index is 1380. The lowest BCUT2D eigenvalue weighted by molar-refractivity contribution is -0.118. The summed E-state index contributed by atoms with van der Waals surface area (Å²) >= 11 is 0. The molecule has 0 aliphatic carbocycles. The summed E-state index contributed by atoms with van der Waals surface area (Å²) < 4.78 is 11.7. The fourth-order valence-corrected chi connectivity index (χ4v) is 3.76. The van der Waals surface area contributed by atoms with Crippen LogP contribution in [0, 0.1) is 6.92 Å². The zero-order valence-electron chi connectivity index (χ0n) is 19.7. The molecule has 2 amide bonds. The second-order valence-corrected chi connectivity index (χ2v) is 8.05. The number of nitrogens with one attached hydrogen (secondary N) is 2. The molecule has 0 aliphatic rings. The van der Waals surface area contributed by atoms with Crippen molar-refractivity contribution in [3.05, 3.63) is 71.6 Å². The van der Waals surface area contributed by atoms with Gasteiger partial charge in [0, 0.05) is 43.0 Å². The number of nitrogens with two attached hydrogens (primary N) is 1. The zero-order chi connectivity index (χ0) is 24.9. The third-order valence-corrected chi connectivity index (χ3v) is 5.21. The van der Waals surface area contributed by atoms with Crippen LogP contribution in [-0.2, 0) is 11.3 Å². The standard InChI is InChI=1S/C25H26N6O4/c1-15-23(24(33)27-2)19-8-7-18(12-20(19)34-15)35-22-9-10-28-25(30-22)29-17-6-4-5-16(11-17)13-31(3)14-21(26)32/h4-12H,13-14H2,1-3H3,(H2,26,32)(H,27,33)(H,28,29,30). The molecule has 4 rings (SSSR count). The molecule has 0 radical (unpaired) electrons. The number of primary amides is 1. The molecule has 0 atom stereocenters. The van der Waals surface area contributed by atoms with Gasteiger partial charge < -0.3 is 25.5 Å². The van der Waals surface area contributed by atoms with Crippen molar-refractivity contribution in [2.24, 2.45) is 5.73 Å². The van der Waals surface area contributed by atoms with Crippen LogP contribution in [0.15, 0.2) is 59.1 Å². The summed E-state index contributed by atoms with van der Waals surface area (Å²) in [5.74, 6) is 1.17. The number of benzene rings is 2. The van der Waals surface area contributed by atoms with E-state index in [-0.39, 0.29) is 18.4 Å². The lowest BCUT2D eigenvalue weighted by atomic mass is 10.1. The normalized spacial score (nSPS) is 11.0. The number of aromatic nitrogens is 2. The first-order valence-corrected chi connectivity index (χ1v) is 10.9. The van der Waals surface area contributed by atoms with E-state index in [1.807, 2.05) is 36.2 Å². The first-order chi connectivity index (χ1) is 16.8. The van der Waals surface area contributed by atoms with Gasteiger partial charge >= 0.3 is 0 Å². The van der Waals surface area contributed by atoms with Gasteiger partial charge in [0.15, 0.2) is 0 Å². The number of furan rings is 1. The fourth-order valence-electron chi connectivity index (χ4n) is 3.76. The molecule has 2 aromatic carbocycles. The molecule has 4 N–H and O–H groups in total. The van der Waals surface area contributed by atoms with Crippen LogP contribution in [-0.4, -0.2) is 47.3 Å². The molecule has 0 bridgehead atoms. The van der Waals surface area contributed by atoms with E-state index in [1.54, 1.807) is 44.4 Å². The lowest BCUT2D eigenvalue weighted by Crippen LogP contribution is -2.30. The molecule has 0 fully saturated rings. The van der Waals surface area contributed by atoms with Gasteiger partial charge in [-0.25, -0.2) is 4.98 Å². The Kier molecular flexibility index (Phi) is 6.93. The van der Waals surface area contributed by atoms with Crippen molar-refractivity contribution < 1.29 is 18.7 Å². The Labute approximate surface area is 202 Å². The van der Waals surface area contributed by atoms with Crippen molar-refractivity contribution in [2.75, 3.05) is 26.0 Å². The first kappa shape index (κ1) is 23.7. The molecule has 0 saturated heterocycles. The van der Waals surface area contributed by atoms with Crippen molar-refractivity contribution >= 4 is 34.4 Å². The average molecular weight is 475 g/mol. The topological polar surface area (TPSA) is 136 Å². The summed E-state index contributed by atoms with van der Waals surface area (Å²) in [6, 6.07) is 14.6. The van der Waals surface area contributed by atoms with E-state index in [4.69, 9.17) is 14.9 Å². The first-order valence-electron chi connectivity index (χ1n) is 10.9.